The Balaban J connectivity index is 1.60. The van der Waals surface area contributed by atoms with Gasteiger partial charge in [-0.2, -0.15) is 0 Å². The Hall–Kier alpha value is -2.55. The molecule has 1 saturated heterocycles. The van der Waals surface area contributed by atoms with E-state index in [1.54, 1.807) is 10.9 Å². The summed E-state index contributed by atoms with van der Waals surface area (Å²) >= 11 is 1.28. The number of hydrogen-bond acceptors (Lipinski definition) is 6. The third-order valence-electron chi connectivity index (χ3n) is 5.08. The summed E-state index contributed by atoms with van der Waals surface area (Å²) in [6.45, 7) is 5.69. The number of aryl methyl sites for hydroxylation is 1. The number of nitrogens with one attached hydrogen (secondary N) is 1. The number of hydrogen-bond donors (Lipinski definition) is 1. The first-order valence-corrected chi connectivity index (χ1v) is 10.1. The van der Waals surface area contributed by atoms with Crippen LogP contribution in [0.25, 0.3) is 10.2 Å². The van der Waals surface area contributed by atoms with Gasteiger partial charge in [-0.1, -0.05) is 30.3 Å². The second-order valence-corrected chi connectivity index (χ2v) is 8.13. The average Bonchev–Trinajstić information content (AvgIpc) is 3.04. The lowest BCUT2D eigenvalue weighted by atomic mass is 10.2. The van der Waals surface area contributed by atoms with E-state index < -0.39 is 0 Å². The third-order valence-corrected chi connectivity index (χ3v) is 6.28. The highest BCUT2D eigenvalue weighted by Gasteiger charge is 2.22. The Kier molecular flexibility index (Phi) is 5.25. The van der Waals surface area contributed by atoms with Crippen molar-refractivity contribution < 1.29 is 4.79 Å². The van der Waals surface area contributed by atoms with Gasteiger partial charge >= 0.3 is 0 Å². The lowest BCUT2D eigenvalue weighted by Gasteiger charge is -2.32. The zero-order chi connectivity index (χ0) is 19.7. The molecule has 0 unspecified atom stereocenters. The van der Waals surface area contributed by atoms with Gasteiger partial charge in [0.25, 0.3) is 11.5 Å². The summed E-state index contributed by atoms with van der Waals surface area (Å²) in [4.78, 5) is 33.6. The number of aromatic nitrogens is 2. The fraction of sp³-hybridized carbons (Fsp3) is 0.350. The van der Waals surface area contributed by atoms with E-state index >= 15 is 0 Å². The van der Waals surface area contributed by atoms with Crippen LogP contribution in [0.1, 0.15) is 20.8 Å². The number of nitrogens with zero attached hydrogens (tertiary/aromatic N) is 4. The maximum Gasteiger partial charge on any atom is 0.276 e. The van der Waals surface area contributed by atoms with Crippen LogP contribution in [0.15, 0.2) is 41.5 Å². The van der Waals surface area contributed by atoms with Crippen LogP contribution >= 0.6 is 11.3 Å². The summed E-state index contributed by atoms with van der Waals surface area (Å²) in [6, 6.07) is 9.80. The molecule has 1 aromatic carbocycles. The molecule has 0 spiro atoms. The molecule has 3 aromatic rings. The van der Waals surface area contributed by atoms with E-state index in [9.17, 15) is 9.59 Å². The number of rotatable bonds is 4. The maximum absolute atomic E-state index is 13.0. The molecule has 0 atom stereocenters. The molecular weight excluding hydrogens is 374 g/mol. The number of hydrazine groups is 1. The van der Waals surface area contributed by atoms with Gasteiger partial charge < -0.3 is 4.90 Å². The SMILES string of the molecule is Cc1c(C(=O)NN2CCN(C)CC2)sc2ncn(Cc3ccccc3)c(=O)c12. The van der Waals surface area contributed by atoms with Crippen LogP contribution in [-0.4, -0.2) is 58.6 Å². The topological polar surface area (TPSA) is 70.5 Å². The lowest BCUT2D eigenvalue weighted by molar-refractivity contribution is 0.0666. The smallest absolute Gasteiger partial charge is 0.276 e. The molecule has 1 fully saturated rings. The maximum atomic E-state index is 13.0. The van der Waals surface area contributed by atoms with Crippen LogP contribution in [0.4, 0.5) is 0 Å². The predicted octanol–water partition coefficient (Wildman–Crippen LogP) is 1.71. The molecule has 4 rings (SSSR count). The predicted molar refractivity (Wildman–Crippen MR) is 111 cm³/mol. The minimum Gasteiger partial charge on any atom is -0.304 e. The normalized spacial score (nSPS) is 15.8. The number of thiophene rings is 1. The van der Waals surface area contributed by atoms with Crippen LogP contribution in [0.5, 0.6) is 0 Å². The molecule has 0 radical (unpaired) electrons. The molecule has 2 aromatic heterocycles. The molecule has 146 valence electrons. The van der Waals surface area contributed by atoms with Crippen molar-refractivity contribution >= 4 is 27.5 Å². The van der Waals surface area contributed by atoms with Crippen molar-refractivity contribution in [1.29, 1.82) is 0 Å². The van der Waals surface area contributed by atoms with Crippen LogP contribution in [0.3, 0.4) is 0 Å². The zero-order valence-electron chi connectivity index (χ0n) is 16.0. The fourth-order valence-electron chi connectivity index (χ4n) is 3.38. The van der Waals surface area contributed by atoms with Crippen LogP contribution in [-0.2, 0) is 6.54 Å². The molecule has 1 amide bonds. The van der Waals surface area contributed by atoms with Crippen molar-refractivity contribution in [2.45, 2.75) is 13.5 Å². The number of piperazine rings is 1. The van der Waals surface area contributed by atoms with Gasteiger partial charge in [0.2, 0.25) is 0 Å². The van der Waals surface area contributed by atoms with E-state index in [0.717, 1.165) is 31.7 Å². The van der Waals surface area contributed by atoms with E-state index in [-0.39, 0.29) is 11.5 Å². The first-order valence-electron chi connectivity index (χ1n) is 9.30. The second kappa shape index (κ2) is 7.83. The van der Waals surface area contributed by atoms with Crippen molar-refractivity contribution in [2.24, 2.45) is 0 Å². The van der Waals surface area contributed by atoms with E-state index in [1.807, 2.05) is 42.3 Å². The van der Waals surface area contributed by atoms with Crippen LogP contribution in [0, 0.1) is 6.92 Å². The van der Waals surface area contributed by atoms with Gasteiger partial charge in [-0.25, -0.2) is 9.99 Å². The van der Waals surface area contributed by atoms with E-state index in [1.165, 1.54) is 11.3 Å². The molecule has 7 nitrogen and oxygen atoms in total. The molecule has 3 heterocycles. The Labute approximate surface area is 167 Å². The summed E-state index contributed by atoms with van der Waals surface area (Å²) in [7, 11) is 2.07. The van der Waals surface area contributed by atoms with Gasteiger partial charge in [-0.3, -0.25) is 19.6 Å². The molecule has 1 N–H and O–H groups in total. The summed E-state index contributed by atoms with van der Waals surface area (Å²) in [6.07, 6.45) is 1.57. The van der Waals surface area contributed by atoms with Crippen molar-refractivity contribution in [2.75, 3.05) is 33.2 Å². The first kappa shape index (κ1) is 18.8. The lowest BCUT2D eigenvalue weighted by Crippen LogP contribution is -2.52. The highest BCUT2D eigenvalue weighted by Crippen LogP contribution is 2.26. The Morgan fingerprint density at radius 3 is 2.61 bits per heavy atom. The van der Waals surface area contributed by atoms with Crippen molar-refractivity contribution in [1.82, 2.24) is 24.9 Å². The van der Waals surface area contributed by atoms with Gasteiger partial charge in [-0.05, 0) is 25.1 Å². The number of amides is 1. The number of fused-ring (bicyclic) bond motifs is 1. The highest BCUT2D eigenvalue weighted by molar-refractivity contribution is 7.20. The molecule has 0 bridgehead atoms. The molecular formula is C20H23N5O2S. The largest absolute Gasteiger partial charge is 0.304 e. The van der Waals surface area contributed by atoms with Crippen molar-refractivity contribution in [3.8, 4) is 0 Å². The molecule has 1 aliphatic heterocycles. The fourth-order valence-corrected chi connectivity index (χ4v) is 4.41. The van der Waals surface area contributed by atoms with E-state index in [4.69, 9.17) is 0 Å². The van der Waals surface area contributed by atoms with Gasteiger partial charge in [0.05, 0.1) is 23.1 Å². The number of carbonyl (C=O) groups is 1. The standard InChI is InChI=1S/C20H23N5O2S/c1-14-16-19(21-13-24(20(16)27)12-15-6-4-3-5-7-15)28-17(14)18(26)22-25-10-8-23(2)9-11-25/h3-7,13H,8-12H2,1-2H3,(H,22,26). The van der Waals surface area contributed by atoms with Gasteiger partial charge in [-0.15, -0.1) is 11.3 Å². The number of benzene rings is 1. The van der Waals surface area contributed by atoms with Gasteiger partial charge in [0.1, 0.15) is 4.83 Å². The highest BCUT2D eigenvalue weighted by atomic mass is 32.1. The van der Waals surface area contributed by atoms with Crippen molar-refractivity contribution in [3.63, 3.8) is 0 Å². The molecule has 0 saturated carbocycles. The van der Waals surface area contributed by atoms with Crippen LogP contribution < -0.4 is 11.0 Å². The minimum atomic E-state index is -0.168. The summed E-state index contributed by atoms with van der Waals surface area (Å²) < 4.78 is 1.60. The first-order chi connectivity index (χ1) is 13.5. The molecule has 8 heteroatoms. The van der Waals surface area contributed by atoms with Gasteiger partial charge in [0.15, 0.2) is 0 Å². The summed E-state index contributed by atoms with van der Waals surface area (Å²) in [5.41, 5.74) is 4.60. The zero-order valence-corrected chi connectivity index (χ0v) is 16.8. The van der Waals surface area contributed by atoms with Crippen LogP contribution in [0.2, 0.25) is 0 Å². The monoisotopic (exact) mass is 397 g/mol. The Bertz CT molecular complexity index is 1050. The molecule has 0 aliphatic carbocycles. The Morgan fingerprint density at radius 1 is 1.18 bits per heavy atom. The van der Waals surface area contributed by atoms with Gasteiger partial charge in [0, 0.05) is 26.2 Å². The van der Waals surface area contributed by atoms with E-state index in [0.29, 0.717) is 27.2 Å². The minimum absolute atomic E-state index is 0.110. The molecule has 1 aliphatic rings. The third kappa shape index (κ3) is 3.71. The molecule has 28 heavy (non-hydrogen) atoms. The number of carbonyl (C=O) groups excluding carboxylic acids is 1. The quantitative estimate of drug-likeness (QED) is 0.726. The Morgan fingerprint density at radius 2 is 1.89 bits per heavy atom. The van der Waals surface area contributed by atoms with E-state index in [2.05, 4.69) is 22.4 Å². The summed E-state index contributed by atoms with van der Waals surface area (Å²) in [5.74, 6) is -0.168. The average molecular weight is 398 g/mol. The summed E-state index contributed by atoms with van der Waals surface area (Å²) in [5, 5.41) is 2.47. The number of likely N-dealkylation sites (N-methyl/N-ethyl adjacent to an activating group) is 1. The van der Waals surface area contributed by atoms with Crippen molar-refractivity contribution in [3.05, 3.63) is 63.0 Å². The second-order valence-electron chi connectivity index (χ2n) is 7.13.